The van der Waals surface area contributed by atoms with E-state index >= 15 is 0 Å². The smallest absolute Gasteiger partial charge is 0.410 e. The molecule has 0 spiro atoms. The molecule has 6 heteroatoms. The van der Waals surface area contributed by atoms with Gasteiger partial charge in [-0.05, 0) is 55.5 Å². The fraction of sp³-hybridized carbons (Fsp3) is 0.692. The van der Waals surface area contributed by atoms with Gasteiger partial charge in [0.05, 0.1) is 0 Å². The molecule has 1 aromatic heterocycles. The molecule has 0 bridgehead atoms. The van der Waals surface area contributed by atoms with Crippen LogP contribution in [0.15, 0.2) is 10.1 Å². The molecule has 1 saturated heterocycles. The Hall–Kier alpha value is -0.620. The molecule has 19 heavy (non-hydrogen) atoms. The fourth-order valence-corrected chi connectivity index (χ4v) is 3.60. The number of likely N-dealkylation sites (tertiary alicyclic amines) is 1. The third-order valence-corrected chi connectivity index (χ3v) is 4.68. The van der Waals surface area contributed by atoms with Crippen LogP contribution in [0.4, 0.5) is 4.79 Å². The van der Waals surface area contributed by atoms with Crippen LogP contribution in [0.1, 0.15) is 44.4 Å². The second kappa shape index (κ2) is 5.79. The predicted octanol–water partition coefficient (Wildman–Crippen LogP) is 4.02. The van der Waals surface area contributed by atoms with E-state index in [-0.39, 0.29) is 6.09 Å². The number of amides is 1. The standard InChI is InChI=1S/C13H19BrN2O2S/c1-13(2,3)18-12(17)16-6-4-9(5-7-16)10-8-15-11(14)19-10/h8-9H,4-7H2,1-3H3. The Morgan fingerprint density at radius 3 is 2.58 bits per heavy atom. The van der Waals surface area contributed by atoms with Gasteiger partial charge in [-0.3, -0.25) is 0 Å². The zero-order chi connectivity index (χ0) is 14.0. The van der Waals surface area contributed by atoms with Gasteiger partial charge in [-0.25, -0.2) is 9.78 Å². The zero-order valence-corrected chi connectivity index (χ0v) is 13.9. The van der Waals surface area contributed by atoms with Crippen molar-refractivity contribution in [2.24, 2.45) is 0 Å². The van der Waals surface area contributed by atoms with Gasteiger partial charge in [-0.2, -0.15) is 0 Å². The average molecular weight is 347 g/mol. The minimum atomic E-state index is -0.420. The number of halogens is 1. The molecule has 2 heterocycles. The van der Waals surface area contributed by atoms with Gasteiger partial charge < -0.3 is 9.64 Å². The highest BCUT2D eigenvalue weighted by molar-refractivity contribution is 9.11. The lowest BCUT2D eigenvalue weighted by Crippen LogP contribution is -2.41. The monoisotopic (exact) mass is 346 g/mol. The Kier molecular flexibility index (Phi) is 4.50. The highest BCUT2D eigenvalue weighted by atomic mass is 79.9. The van der Waals surface area contributed by atoms with Crippen LogP contribution >= 0.6 is 27.3 Å². The molecule has 1 aliphatic heterocycles. The van der Waals surface area contributed by atoms with E-state index in [9.17, 15) is 4.79 Å². The summed E-state index contributed by atoms with van der Waals surface area (Å²) in [5.74, 6) is 0.516. The van der Waals surface area contributed by atoms with E-state index in [0.717, 1.165) is 29.8 Å². The van der Waals surface area contributed by atoms with Gasteiger partial charge >= 0.3 is 6.09 Å². The predicted molar refractivity (Wildman–Crippen MR) is 79.6 cm³/mol. The molecule has 0 N–H and O–H groups in total. The summed E-state index contributed by atoms with van der Waals surface area (Å²) >= 11 is 5.07. The normalized spacial score (nSPS) is 17.6. The summed E-state index contributed by atoms with van der Waals surface area (Å²) in [6, 6.07) is 0. The highest BCUT2D eigenvalue weighted by Crippen LogP contribution is 2.33. The molecule has 1 amide bonds. The van der Waals surface area contributed by atoms with Crippen LogP contribution in [-0.4, -0.2) is 34.7 Å². The van der Waals surface area contributed by atoms with Crippen LogP contribution in [0, 0.1) is 0 Å². The largest absolute Gasteiger partial charge is 0.444 e. The summed E-state index contributed by atoms with van der Waals surface area (Å²) in [7, 11) is 0. The van der Waals surface area contributed by atoms with Crippen molar-refractivity contribution in [2.75, 3.05) is 13.1 Å². The van der Waals surface area contributed by atoms with Gasteiger partial charge in [0.25, 0.3) is 0 Å². The van der Waals surface area contributed by atoms with E-state index in [1.807, 2.05) is 27.0 Å². The first-order valence-electron chi connectivity index (χ1n) is 6.44. The maximum Gasteiger partial charge on any atom is 0.410 e. The van der Waals surface area contributed by atoms with E-state index in [0.29, 0.717) is 5.92 Å². The van der Waals surface area contributed by atoms with E-state index in [1.165, 1.54) is 4.88 Å². The van der Waals surface area contributed by atoms with Crippen molar-refractivity contribution in [3.8, 4) is 0 Å². The van der Waals surface area contributed by atoms with Crippen molar-refractivity contribution in [2.45, 2.75) is 45.1 Å². The first-order valence-corrected chi connectivity index (χ1v) is 8.05. The number of carbonyl (C=O) groups excluding carboxylic acids is 1. The summed E-state index contributed by atoms with van der Waals surface area (Å²) in [6.45, 7) is 7.20. The van der Waals surface area contributed by atoms with Crippen molar-refractivity contribution in [3.63, 3.8) is 0 Å². The molecule has 0 aliphatic carbocycles. The summed E-state index contributed by atoms with van der Waals surface area (Å²) in [4.78, 5) is 19.3. The van der Waals surface area contributed by atoms with E-state index < -0.39 is 5.60 Å². The third kappa shape index (κ3) is 4.18. The van der Waals surface area contributed by atoms with Gasteiger partial charge in [0, 0.05) is 24.2 Å². The third-order valence-electron chi connectivity index (χ3n) is 3.04. The van der Waals surface area contributed by atoms with Gasteiger partial charge in [0.1, 0.15) is 5.60 Å². The second-order valence-electron chi connectivity index (χ2n) is 5.76. The molecule has 1 aromatic rings. The van der Waals surface area contributed by atoms with E-state index in [2.05, 4.69) is 20.9 Å². The summed E-state index contributed by atoms with van der Waals surface area (Å²) in [5, 5.41) is 0. The summed E-state index contributed by atoms with van der Waals surface area (Å²) in [6.07, 6.45) is 3.70. The van der Waals surface area contributed by atoms with Crippen molar-refractivity contribution in [3.05, 3.63) is 15.0 Å². The van der Waals surface area contributed by atoms with Crippen molar-refractivity contribution in [1.82, 2.24) is 9.88 Å². The Labute approximate surface area is 126 Å². The molecule has 0 saturated carbocycles. The van der Waals surface area contributed by atoms with Crippen LogP contribution in [0.2, 0.25) is 0 Å². The van der Waals surface area contributed by atoms with Crippen molar-refractivity contribution < 1.29 is 9.53 Å². The minimum Gasteiger partial charge on any atom is -0.444 e. The number of ether oxygens (including phenoxy) is 1. The molecule has 0 atom stereocenters. The fourth-order valence-electron chi connectivity index (χ4n) is 2.13. The Morgan fingerprint density at radius 1 is 1.47 bits per heavy atom. The van der Waals surface area contributed by atoms with Crippen molar-refractivity contribution >= 4 is 33.4 Å². The second-order valence-corrected chi connectivity index (χ2v) is 8.10. The van der Waals surface area contributed by atoms with Gasteiger partial charge in [0.2, 0.25) is 0 Å². The van der Waals surface area contributed by atoms with Crippen LogP contribution < -0.4 is 0 Å². The van der Waals surface area contributed by atoms with Crippen molar-refractivity contribution in [1.29, 1.82) is 0 Å². The molecule has 1 fully saturated rings. The topological polar surface area (TPSA) is 42.4 Å². The Balaban J connectivity index is 1.87. The number of nitrogens with zero attached hydrogens (tertiary/aromatic N) is 2. The molecule has 0 radical (unpaired) electrons. The molecular formula is C13H19BrN2O2S. The van der Waals surface area contributed by atoms with Crippen LogP contribution in [0.3, 0.4) is 0 Å². The minimum absolute atomic E-state index is 0.198. The lowest BCUT2D eigenvalue weighted by atomic mass is 9.96. The quantitative estimate of drug-likeness (QED) is 0.771. The maximum atomic E-state index is 11.9. The van der Waals surface area contributed by atoms with E-state index in [1.54, 1.807) is 16.2 Å². The lowest BCUT2D eigenvalue weighted by molar-refractivity contribution is 0.0205. The number of carbonyl (C=O) groups is 1. The Morgan fingerprint density at radius 2 is 2.11 bits per heavy atom. The number of aromatic nitrogens is 1. The van der Waals surface area contributed by atoms with Gasteiger partial charge in [-0.15, -0.1) is 11.3 Å². The summed E-state index contributed by atoms with van der Waals surface area (Å²) in [5.41, 5.74) is -0.420. The first kappa shape index (κ1) is 14.8. The number of rotatable bonds is 1. The molecule has 106 valence electrons. The van der Waals surface area contributed by atoms with Gasteiger partial charge in [0.15, 0.2) is 3.92 Å². The molecular weight excluding hydrogens is 328 g/mol. The lowest BCUT2D eigenvalue weighted by Gasteiger charge is -2.33. The van der Waals surface area contributed by atoms with Gasteiger partial charge in [-0.1, -0.05) is 0 Å². The average Bonchev–Trinajstić information content (AvgIpc) is 2.74. The number of hydrogen-bond acceptors (Lipinski definition) is 4. The zero-order valence-electron chi connectivity index (χ0n) is 11.5. The van der Waals surface area contributed by atoms with Crippen LogP contribution in [0.5, 0.6) is 0 Å². The molecule has 1 aliphatic rings. The molecule has 0 unspecified atom stereocenters. The number of hydrogen-bond donors (Lipinski definition) is 0. The SMILES string of the molecule is CC(C)(C)OC(=O)N1CCC(c2cnc(Br)s2)CC1. The number of piperidine rings is 1. The maximum absolute atomic E-state index is 11.9. The Bertz CT molecular complexity index is 448. The first-order chi connectivity index (χ1) is 8.85. The van der Waals surface area contributed by atoms with E-state index in [4.69, 9.17) is 4.74 Å². The molecule has 2 rings (SSSR count). The highest BCUT2D eigenvalue weighted by Gasteiger charge is 2.28. The molecule has 4 nitrogen and oxygen atoms in total. The van der Waals surface area contributed by atoms with Crippen LogP contribution in [0.25, 0.3) is 0 Å². The summed E-state index contributed by atoms with van der Waals surface area (Å²) < 4.78 is 6.32. The van der Waals surface area contributed by atoms with Crippen LogP contribution in [-0.2, 0) is 4.74 Å². The molecule has 0 aromatic carbocycles. The number of thiazole rings is 1.